The number of benzene rings is 1. The monoisotopic (exact) mass is 306 g/mol. The molecule has 6 nitrogen and oxygen atoms in total. The molecule has 0 unspecified atom stereocenters. The number of anilines is 1. The predicted molar refractivity (Wildman–Crippen MR) is 88.8 cm³/mol. The van der Waals surface area contributed by atoms with E-state index in [1.165, 1.54) is 0 Å². The first-order valence-corrected chi connectivity index (χ1v) is 7.59. The summed E-state index contributed by atoms with van der Waals surface area (Å²) in [4.78, 5) is 24.0. The van der Waals surface area contributed by atoms with Gasteiger partial charge in [-0.15, -0.1) is 0 Å². The van der Waals surface area contributed by atoms with Crippen LogP contribution in [0.15, 0.2) is 30.3 Å². The minimum absolute atomic E-state index is 0.214. The zero-order valence-electron chi connectivity index (χ0n) is 13.5. The number of carbonyl (C=O) groups excluding carboxylic acids is 2. The van der Waals surface area contributed by atoms with Crippen LogP contribution in [0.4, 0.5) is 10.5 Å². The maximum absolute atomic E-state index is 12.1. The fraction of sp³-hybridized carbons (Fsp3) is 0.500. The number of carbonyl (C=O) groups is 2. The van der Waals surface area contributed by atoms with Gasteiger partial charge in [-0.3, -0.25) is 4.79 Å². The molecule has 122 valence electrons. The van der Waals surface area contributed by atoms with E-state index < -0.39 is 11.6 Å². The molecular weight excluding hydrogens is 280 g/mol. The van der Waals surface area contributed by atoms with Crippen molar-refractivity contribution in [2.24, 2.45) is 0 Å². The smallest absolute Gasteiger partial charge is 0.320 e. The van der Waals surface area contributed by atoms with Crippen molar-refractivity contribution in [3.63, 3.8) is 0 Å². The van der Waals surface area contributed by atoms with Crippen LogP contribution in [0.2, 0.25) is 0 Å². The Balaban J connectivity index is 2.38. The van der Waals surface area contributed by atoms with Crippen LogP contribution in [0.3, 0.4) is 0 Å². The van der Waals surface area contributed by atoms with Crippen molar-refractivity contribution in [1.82, 2.24) is 16.0 Å². The molecule has 0 aliphatic carbocycles. The molecule has 3 amide bonds. The van der Waals surface area contributed by atoms with Crippen LogP contribution in [0, 0.1) is 0 Å². The molecule has 1 aromatic rings. The van der Waals surface area contributed by atoms with Gasteiger partial charge >= 0.3 is 6.03 Å². The van der Waals surface area contributed by atoms with Crippen LogP contribution >= 0.6 is 0 Å². The van der Waals surface area contributed by atoms with Crippen molar-refractivity contribution in [2.75, 3.05) is 25.0 Å². The van der Waals surface area contributed by atoms with Gasteiger partial charge < -0.3 is 21.3 Å². The van der Waals surface area contributed by atoms with Crippen LogP contribution < -0.4 is 21.3 Å². The first-order valence-electron chi connectivity index (χ1n) is 7.59. The zero-order valence-corrected chi connectivity index (χ0v) is 13.5. The highest BCUT2D eigenvalue weighted by atomic mass is 16.2. The maximum Gasteiger partial charge on any atom is 0.320 e. The van der Waals surface area contributed by atoms with Crippen molar-refractivity contribution in [3.05, 3.63) is 30.3 Å². The first kappa shape index (κ1) is 18.0. The van der Waals surface area contributed by atoms with E-state index in [0.717, 1.165) is 13.0 Å². The van der Waals surface area contributed by atoms with Crippen molar-refractivity contribution in [2.45, 2.75) is 32.7 Å². The molecule has 0 heterocycles. The second-order valence-electron chi connectivity index (χ2n) is 5.58. The third-order valence-electron chi connectivity index (χ3n) is 3.04. The van der Waals surface area contributed by atoms with Crippen molar-refractivity contribution < 1.29 is 9.59 Å². The lowest BCUT2D eigenvalue weighted by atomic mass is 10.1. The first-order chi connectivity index (χ1) is 10.5. The second kappa shape index (κ2) is 9.04. The lowest BCUT2D eigenvalue weighted by Gasteiger charge is -2.25. The van der Waals surface area contributed by atoms with Gasteiger partial charge in [-0.2, -0.15) is 0 Å². The molecule has 0 spiro atoms. The fourth-order valence-corrected chi connectivity index (χ4v) is 1.81. The van der Waals surface area contributed by atoms with Gasteiger partial charge in [0, 0.05) is 18.8 Å². The summed E-state index contributed by atoms with van der Waals surface area (Å²) in [6.07, 6.45) is 1.06. The Morgan fingerprint density at radius 2 is 1.73 bits per heavy atom. The molecule has 0 atom stereocenters. The number of urea groups is 1. The number of hydrogen-bond acceptors (Lipinski definition) is 3. The van der Waals surface area contributed by atoms with Crippen LogP contribution in [-0.2, 0) is 4.79 Å². The number of para-hydroxylation sites is 1. The van der Waals surface area contributed by atoms with Gasteiger partial charge in [-0.25, -0.2) is 4.79 Å². The van der Waals surface area contributed by atoms with Gasteiger partial charge in [-0.1, -0.05) is 25.1 Å². The van der Waals surface area contributed by atoms with E-state index in [1.54, 1.807) is 26.0 Å². The summed E-state index contributed by atoms with van der Waals surface area (Å²) in [5.74, 6) is -0.214. The predicted octanol–water partition coefficient (Wildman–Crippen LogP) is 1.70. The molecule has 0 saturated carbocycles. The van der Waals surface area contributed by atoms with Crippen LogP contribution in [0.1, 0.15) is 27.2 Å². The van der Waals surface area contributed by atoms with Gasteiger partial charge in [0.05, 0.1) is 0 Å². The van der Waals surface area contributed by atoms with Gasteiger partial charge in [0.1, 0.15) is 5.54 Å². The molecule has 6 heteroatoms. The SMILES string of the molecule is CCCNCCNC(=O)C(C)(C)NC(=O)Nc1ccccc1. The van der Waals surface area contributed by atoms with E-state index in [-0.39, 0.29) is 5.91 Å². The molecule has 4 N–H and O–H groups in total. The molecule has 0 bridgehead atoms. The highest BCUT2D eigenvalue weighted by Gasteiger charge is 2.29. The van der Waals surface area contributed by atoms with Gasteiger partial charge in [0.25, 0.3) is 0 Å². The van der Waals surface area contributed by atoms with Crippen molar-refractivity contribution in [1.29, 1.82) is 0 Å². The second-order valence-corrected chi connectivity index (χ2v) is 5.58. The molecule has 0 fully saturated rings. The maximum atomic E-state index is 12.1. The Morgan fingerprint density at radius 3 is 2.36 bits per heavy atom. The summed E-state index contributed by atoms with van der Waals surface area (Å²) in [5.41, 5.74) is -0.302. The van der Waals surface area contributed by atoms with Gasteiger partial charge in [0.15, 0.2) is 0 Å². The van der Waals surface area contributed by atoms with E-state index in [1.807, 2.05) is 18.2 Å². The molecule has 1 aromatic carbocycles. The Labute approximate surface area is 132 Å². The number of rotatable bonds is 8. The van der Waals surface area contributed by atoms with Crippen LogP contribution in [-0.4, -0.2) is 37.1 Å². The van der Waals surface area contributed by atoms with Gasteiger partial charge in [0.2, 0.25) is 5.91 Å². The van der Waals surface area contributed by atoms with E-state index >= 15 is 0 Å². The summed E-state index contributed by atoms with van der Waals surface area (Å²) in [6.45, 7) is 7.61. The van der Waals surface area contributed by atoms with E-state index in [4.69, 9.17) is 0 Å². The average molecular weight is 306 g/mol. The number of nitrogens with one attached hydrogen (secondary N) is 4. The Kier molecular flexibility index (Phi) is 7.39. The average Bonchev–Trinajstić information content (AvgIpc) is 2.47. The third kappa shape index (κ3) is 6.58. The number of hydrogen-bond donors (Lipinski definition) is 4. The lowest BCUT2D eigenvalue weighted by Crippen LogP contribution is -2.56. The fourth-order valence-electron chi connectivity index (χ4n) is 1.81. The van der Waals surface area contributed by atoms with Crippen LogP contribution in [0.5, 0.6) is 0 Å². The summed E-state index contributed by atoms with van der Waals surface area (Å²) in [6, 6.07) is 8.69. The summed E-state index contributed by atoms with van der Waals surface area (Å²) in [5, 5.41) is 11.4. The Bertz CT molecular complexity index is 474. The molecule has 0 aliphatic rings. The molecule has 22 heavy (non-hydrogen) atoms. The van der Waals surface area contributed by atoms with Crippen molar-refractivity contribution >= 4 is 17.6 Å². The van der Waals surface area contributed by atoms with E-state index in [9.17, 15) is 9.59 Å². The van der Waals surface area contributed by atoms with E-state index in [2.05, 4.69) is 28.2 Å². The summed E-state index contributed by atoms with van der Waals surface area (Å²) in [7, 11) is 0. The normalized spacial score (nSPS) is 10.9. The standard InChI is InChI=1S/C16H26N4O2/c1-4-10-17-11-12-18-14(21)16(2,3)20-15(22)19-13-8-6-5-7-9-13/h5-9,17H,4,10-12H2,1-3H3,(H,18,21)(H2,19,20,22). The summed E-state index contributed by atoms with van der Waals surface area (Å²) < 4.78 is 0. The minimum Gasteiger partial charge on any atom is -0.353 e. The third-order valence-corrected chi connectivity index (χ3v) is 3.04. The highest BCUT2D eigenvalue weighted by molar-refractivity contribution is 5.95. The van der Waals surface area contributed by atoms with E-state index in [0.29, 0.717) is 18.8 Å². The number of amides is 3. The molecule has 0 aromatic heterocycles. The van der Waals surface area contributed by atoms with Gasteiger partial charge in [-0.05, 0) is 38.9 Å². The molecule has 0 radical (unpaired) electrons. The topological polar surface area (TPSA) is 82.3 Å². The molecule has 0 aliphatic heterocycles. The Morgan fingerprint density at radius 1 is 1.05 bits per heavy atom. The Hall–Kier alpha value is -2.08. The van der Waals surface area contributed by atoms with Crippen LogP contribution in [0.25, 0.3) is 0 Å². The zero-order chi connectivity index (χ0) is 16.4. The minimum atomic E-state index is -0.983. The lowest BCUT2D eigenvalue weighted by molar-refractivity contribution is -0.125. The summed E-state index contributed by atoms with van der Waals surface area (Å²) >= 11 is 0. The largest absolute Gasteiger partial charge is 0.353 e. The molecular formula is C16H26N4O2. The van der Waals surface area contributed by atoms with Crippen molar-refractivity contribution in [3.8, 4) is 0 Å². The highest BCUT2D eigenvalue weighted by Crippen LogP contribution is 2.07. The molecule has 0 saturated heterocycles. The quantitative estimate of drug-likeness (QED) is 0.552. The molecule has 1 rings (SSSR count).